The van der Waals surface area contributed by atoms with E-state index in [0.29, 0.717) is 0 Å². The molecule has 1 aromatic carbocycles. The van der Waals surface area contributed by atoms with E-state index in [2.05, 4.69) is 30.2 Å². The molecular formula is C27H20N8O8S. The van der Waals surface area contributed by atoms with E-state index in [1.807, 2.05) is 6.07 Å². The normalized spacial score (nSPS) is 11.1. The molecule has 0 bridgehead atoms. The first kappa shape index (κ1) is 29.5. The smallest absolute Gasteiger partial charge is 0.345 e. The van der Waals surface area contributed by atoms with E-state index in [0.717, 1.165) is 12.3 Å². The number of aromatic hydroxyl groups is 1. The number of likely N-dealkylation sites (N-methyl/N-ethyl adjacent to an activating group) is 1. The summed E-state index contributed by atoms with van der Waals surface area (Å²) in [5.74, 6) is -3.15. The summed E-state index contributed by atoms with van der Waals surface area (Å²) in [5.41, 5.74) is -0.390. The van der Waals surface area contributed by atoms with Crippen molar-refractivity contribution >= 4 is 21.7 Å². The minimum atomic E-state index is -3.77. The molecule has 5 aromatic rings. The highest BCUT2D eigenvalue weighted by molar-refractivity contribution is 7.90. The average Bonchev–Trinajstić information content (AvgIpc) is 3.66. The van der Waals surface area contributed by atoms with Crippen LogP contribution in [-0.4, -0.2) is 74.6 Å². The number of carbonyl (C=O) groups excluding carboxylic acids is 2. The average molecular weight is 617 g/mol. The SMILES string of the molecule is CN(C)C(=O)Cc1nc(-c2ncc(C#N)cc2OC(=O)c2cnc(-c3noc(CS(=O)(=O)c4ccccc4)n3)c(O)c2)no1. The summed E-state index contributed by atoms with van der Waals surface area (Å²) in [6, 6.07) is 11.8. The van der Waals surface area contributed by atoms with Gasteiger partial charge in [0.15, 0.2) is 27.0 Å². The first-order valence-electron chi connectivity index (χ1n) is 12.5. The Morgan fingerprint density at radius 1 is 0.977 bits per heavy atom. The number of rotatable bonds is 9. The van der Waals surface area contributed by atoms with Crippen LogP contribution in [0.3, 0.4) is 0 Å². The first-order chi connectivity index (χ1) is 21.0. The van der Waals surface area contributed by atoms with Gasteiger partial charge in [0.2, 0.25) is 29.3 Å². The molecule has 44 heavy (non-hydrogen) atoms. The van der Waals surface area contributed by atoms with Gasteiger partial charge in [-0.05, 0) is 18.2 Å². The van der Waals surface area contributed by atoms with Gasteiger partial charge in [-0.3, -0.25) is 4.79 Å². The second kappa shape index (κ2) is 12.1. The Hall–Kier alpha value is -6.02. The molecule has 222 valence electrons. The maximum atomic E-state index is 13.0. The van der Waals surface area contributed by atoms with E-state index in [1.54, 1.807) is 32.3 Å². The topological polar surface area (TPSA) is 228 Å². The summed E-state index contributed by atoms with van der Waals surface area (Å²) in [4.78, 5) is 42.6. The van der Waals surface area contributed by atoms with Crippen LogP contribution in [0.5, 0.6) is 11.5 Å². The molecule has 0 aliphatic carbocycles. The quantitative estimate of drug-likeness (QED) is 0.233. The highest BCUT2D eigenvalue weighted by Gasteiger charge is 2.24. The molecule has 17 heteroatoms. The third kappa shape index (κ3) is 6.39. The first-order valence-corrected chi connectivity index (χ1v) is 14.1. The lowest BCUT2D eigenvalue weighted by atomic mass is 10.2. The predicted octanol–water partition coefficient (Wildman–Crippen LogP) is 1.98. The number of nitriles is 1. The van der Waals surface area contributed by atoms with Crippen molar-refractivity contribution < 1.29 is 36.9 Å². The number of ether oxygens (including phenoxy) is 1. The number of pyridine rings is 2. The fourth-order valence-electron chi connectivity index (χ4n) is 3.64. The lowest BCUT2D eigenvalue weighted by molar-refractivity contribution is -0.128. The fraction of sp³-hybridized carbons (Fsp3) is 0.148. The van der Waals surface area contributed by atoms with E-state index >= 15 is 0 Å². The summed E-state index contributed by atoms with van der Waals surface area (Å²) in [5, 5.41) is 27.4. The molecule has 5 rings (SSSR count). The van der Waals surface area contributed by atoms with Gasteiger partial charge >= 0.3 is 5.97 Å². The number of carbonyl (C=O) groups is 2. The van der Waals surface area contributed by atoms with Crippen LogP contribution < -0.4 is 4.74 Å². The van der Waals surface area contributed by atoms with E-state index in [-0.39, 0.29) is 68.9 Å². The zero-order chi connectivity index (χ0) is 31.4. The van der Waals surface area contributed by atoms with E-state index < -0.39 is 27.3 Å². The van der Waals surface area contributed by atoms with Gasteiger partial charge in [0.1, 0.15) is 24.0 Å². The highest BCUT2D eigenvalue weighted by atomic mass is 32.2. The van der Waals surface area contributed by atoms with Gasteiger partial charge in [0.05, 0.1) is 16.0 Å². The molecule has 0 aliphatic rings. The standard InChI is InChI=1S/C27H20N8O8S/c1-35(2)22(37)10-20-31-26(34-42-20)24-19(8-15(11-28)12-29-24)41-27(38)16-9-18(36)23(30-13-16)25-32-21(43-33-25)14-44(39,40)17-6-4-3-5-7-17/h3-9,12-13,36H,10,14H2,1-2H3. The highest BCUT2D eigenvalue weighted by Crippen LogP contribution is 2.30. The molecule has 0 aliphatic heterocycles. The number of amides is 1. The van der Waals surface area contributed by atoms with Crippen molar-refractivity contribution in [2.45, 2.75) is 17.1 Å². The molecule has 0 saturated heterocycles. The van der Waals surface area contributed by atoms with Crippen LogP contribution in [0.2, 0.25) is 0 Å². The van der Waals surface area contributed by atoms with Crippen molar-refractivity contribution in [1.82, 2.24) is 35.1 Å². The molecule has 0 fully saturated rings. The maximum Gasteiger partial charge on any atom is 0.345 e. The number of aromatic nitrogens is 6. The number of esters is 1. The summed E-state index contributed by atoms with van der Waals surface area (Å²) in [6.07, 6.45) is 2.10. The van der Waals surface area contributed by atoms with Gasteiger partial charge < -0.3 is 23.8 Å². The predicted molar refractivity (Wildman–Crippen MR) is 146 cm³/mol. The van der Waals surface area contributed by atoms with Gasteiger partial charge in [-0.2, -0.15) is 15.2 Å². The van der Waals surface area contributed by atoms with Crippen LogP contribution in [0, 0.1) is 11.3 Å². The van der Waals surface area contributed by atoms with Gasteiger partial charge in [0, 0.05) is 32.6 Å². The van der Waals surface area contributed by atoms with Gasteiger partial charge in [-0.1, -0.05) is 28.5 Å². The molecule has 1 amide bonds. The van der Waals surface area contributed by atoms with Crippen LogP contribution in [0.15, 0.2) is 68.8 Å². The molecular weight excluding hydrogens is 596 g/mol. The minimum absolute atomic E-state index is 0.00543. The summed E-state index contributed by atoms with van der Waals surface area (Å²) in [7, 11) is -0.639. The van der Waals surface area contributed by atoms with Gasteiger partial charge in [-0.25, -0.2) is 23.2 Å². The van der Waals surface area contributed by atoms with E-state index in [4.69, 9.17) is 13.8 Å². The Balaban J connectivity index is 1.35. The third-order valence-corrected chi connectivity index (χ3v) is 7.48. The maximum absolute atomic E-state index is 13.0. The van der Waals surface area contributed by atoms with Crippen molar-refractivity contribution in [1.29, 1.82) is 5.26 Å². The Morgan fingerprint density at radius 3 is 2.32 bits per heavy atom. The van der Waals surface area contributed by atoms with E-state index in [9.17, 15) is 28.4 Å². The van der Waals surface area contributed by atoms with Crippen LogP contribution in [0.1, 0.15) is 27.7 Å². The van der Waals surface area contributed by atoms with Crippen molar-refractivity contribution in [2.75, 3.05) is 14.1 Å². The third-order valence-electron chi connectivity index (χ3n) is 5.86. The Kier molecular flexibility index (Phi) is 8.08. The molecule has 0 atom stereocenters. The second-order valence-corrected chi connectivity index (χ2v) is 11.2. The monoisotopic (exact) mass is 616 g/mol. The number of hydrogen-bond donors (Lipinski definition) is 1. The Bertz CT molecular complexity index is 2020. The largest absolute Gasteiger partial charge is 0.506 e. The Labute approximate surface area is 248 Å². The molecule has 4 heterocycles. The molecule has 0 radical (unpaired) electrons. The van der Waals surface area contributed by atoms with Crippen LogP contribution in [0.4, 0.5) is 0 Å². The van der Waals surface area contributed by atoms with Crippen LogP contribution in [-0.2, 0) is 26.8 Å². The van der Waals surface area contributed by atoms with Crippen LogP contribution in [0.25, 0.3) is 23.0 Å². The summed E-state index contributed by atoms with van der Waals surface area (Å²) >= 11 is 0. The number of nitrogens with zero attached hydrogens (tertiary/aromatic N) is 8. The van der Waals surface area contributed by atoms with Gasteiger partial charge in [-0.15, -0.1) is 0 Å². The second-order valence-electron chi connectivity index (χ2n) is 9.22. The van der Waals surface area contributed by atoms with E-state index in [1.165, 1.54) is 29.3 Å². The van der Waals surface area contributed by atoms with Crippen molar-refractivity contribution in [3.63, 3.8) is 0 Å². The summed E-state index contributed by atoms with van der Waals surface area (Å²) in [6.45, 7) is 0. The lowest BCUT2D eigenvalue weighted by Crippen LogP contribution is -2.23. The van der Waals surface area contributed by atoms with Crippen LogP contribution >= 0.6 is 0 Å². The molecule has 1 N–H and O–H groups in total. The molecule has 4 aromatic heterocycles. The number of benzene rings is 1. The number of hydrogen-bond acceptors (Lipinski definition) is 15. The minimum Gasteiger partial charge on any atom is -0.506 e. The molecule has 0 unspecified atom stereocenters. The molecule has 0 spiro atoms. The molecule has 0 saturated carbocycles. The molecule has 16 nitrogen and oxygen atoms in total. The number of sulfone groups is 1. The zero-order valence-corrected chi connectivity index (χ0v) is 23.7. The van der Waals surface area contributed by atoms with Crippen molar-refractivity contribution in [3.8, 4) is 40.6 Å². The lowest BCUT2D eigenvalue weighted by Gasteiger charge is -2.08. The van der Waals surface area contributed by atoms with Gasteiger partial charge in [0.25, 0.3) is 0 Å². The van der Waals surface area contributed by atoms with Crippen molar-refractivity contribution in [3.05, 3.63) is 77.8 Å². The zero-order valence-electron chi connectivity index (χ0n) is 22.9. The summed E-state index contributed by atoms with van der Waals surface area (Å²) < 4.78 is 40.8. The fourth-order valence-corrected chi connectivity index (χ4v) is 4.82. The Morgan fingerprint density at radius 2 is 1.64 bits per heavy atom. The van der Waals surface area contributed by atoms with Crippen molar-refractivity contribution in [2.24, 2.45) is 0 Å².